The SMILES string of the molecule is Cc1ccc(CC(=O)NC(CCCO)c2ccccc2)s1. The summed E-state index contributed by atoms with van der Waals surface area (Å²) in [6.07, 6.45) is 1.84. The largest absolute Gasteiger partial charge is 0.396 e. The maximum atomic E-state index is 12.2. The summed E-state index contributed by atoms with van der Waals surface area (Å²) in [5, 5.41) is 12.1. The Morgan fingerprint density at radius 1 is 1.24 bits per heavy atom. The summed E-state index contributed by atoms with van der Waals surface area (Å²) in [4.78, 5) is 14.5. The quantitative estimate of drug-likeness (QED) is 0.825. The van der Waals surface area contributed by atoms with Crippen molar-refractivity contribution in [2.45, 2.75) is 32.2 Å². The molecule has 2 N–H and O–H groups in total. The van der Waals surface area contributed by atoms with Crippen molar-refractivity contribution in [3.63, 3.8) is 0 Å². The molecule has 21 heavy (non-hydrogen) atoms. The number of nitrogens with one attached hydrogen (secondary N) is 1. The van der Waals surface area contributed by atoms with Crippen molar-refractivity contribution in [1.82, 2.24) is 5.32 Å². The molecule has 0 fully saturated rings. The zero-order chi connectivity index (χ0) is 15.1. The minimum atomic E-state index is -0.0353. The molecule has 1 amide bonds. The molecule has 1 atom stereocenters. The molecule has 2 rings (SSSR count). The average Bonchev–Trinajstić information content (AvgIpc) is 2.89. The summed E-state index contributed by atoms with van der Waals surface area (Å²) in [5.74, 6) is 0.0312. The van der Waals surface area contributed by atoms with Gasteiger partial charge in [-0.2, -0.15) is 0 Å². The molecule has 1 aromatic heterocycles. The number of hydrogen-bond donors (Lipinski definition) is 2. The standard InChI is InChI=1S/C17H21NO2S/c1-13-9-10-15(21-13)12-17(20)18-16(8-5-11-19)14-6-3-2-4-7-14/h2-4,6-7,9-10,16,19H,5,8,11-12H2,1H3,(H,18,20). The molecule has 1 unspecified atom stereocenters. The zero-order valence-electron chi connectivity index (χ0n) is 12.2. The van der Waals surface area contributed by atoms with Crippen molar-refractivity contribution < 1.29 is 9.90 Å². The van der Waals surface area contributed by atoms with E-state index in [0.717, 1.165) is 16.9 Å². The topological polar surface area (TPSA) is 49.3 Å². The number of rotatable bonds is 7. The third-order valence-electron chi connectivity index (χ3n) is 3.32. The molecule has 1 heterocycles. The van der Waals surface area contributed by atoms with Gasteiger partial charge in [0, 0.05) is 16.4 Å². The average molecular weight is 303 g/mol. The summed E-state index contributed by atoms with van der Waals surface area (Å²) in [6, 6.07) is 13.9. The van der Waals surface area contributed by atoms with Crippen LogP contribution < -0.4 is 5.32 Å². The molecule has 0 spiro atoms. The molecule has 0 bridgehead atoms. The summed E-state index contributed by atoms with van der Waals surface area (Å²) in [6.45, 7) is 2.18. The molecule has 1 aromatic carbocycles. The summed E-state index contributed by atoms with van der Waals surface area (Å²) >= 11 is 1.66. The van der Waals surface area contributed by atoms with Crippen molar-refractivity contribution in [3.05, 3.63) is 57.8 Å². The van der Waals surface area contributed by atoms with Crippen LogP contribution in [0.15, 0.2) is 42.5 Å². The van der Waals surface area contributed by atoms with Gasteiger partial charge in [0.25, 0.3) is 0 Å². The van der Waals surface area contributed by atoms with Crippen LogP contribution in [0.25, 0.3) is 0 Å². The predicted molar refractivity (Wildman–Crippen MR) is 86.4 cm³/mol. The van der Waals surface area contributed by atoms with Gasteiger partial charge in [-0.3, -0.25) is 4.79 Å². The predicted octanol–water partition coefficient (Wildman–Crippen LogP) is 3.23. The van der Waals surface area contributed by atoms with Gasteiger partial charge in [-0.05, 0) is 37.5 Å². The van der Waals surface area contributed by atoms with Crippen molar-refractivity contribution in [1.29, 1.82) is 0 Å². The van der Waals surface area contributed by atoms with E-state index in [4.69, 9.17) is 5.11 Å². The van der Waals surface area contributed by atoms with Gasteiger partial charge in [0.05, 0.1) is 12.5 Å². The van der Waals surface area contributed by atoms with E-state index in [2.05, 4.69) is 5.32 Å². The van der Waals surface area contributed by atoms with Gasteiger partial charge < -0.3 is 10.4 Å². The highest BCUT2D eigenvalue weighted by molar-refractivity contribution is 7.12. The van der Waals surface area contributed by atoms with Crippen LogP contribution in [-0.2, 0) is 11.2 Å². The fourth-order valence-electron chi connectivity index (χ4n) is 2.29. The summed E-state index contributed by atoms with van der Waals surface area (Å²) in [7, 11) is 0. The Labute approximate surface area is 129 Å². The summed E-state index contributed by atoms with van der Waals surface area (Å²) < 4.78 is 0. The Morgan fingerprint density at radius 3 is 2.62 bits per heavy atom. The van der Waals surface area contributed by atoms with Crippen molar-refractivity contribution in [2.24, 2.45) is 0 Å². The molecule has 112 valence electrons. The first-order valence-electron chi connectivity index (χ1n) is 7.19. The first-order chi connectivity index (χ1) is 10.2. The van der Waals surface area contributed by atoms with Crippen molar-refractivity contribution in [3.8, 4) is 0 Å². The molecule has 0 aliphatic rings. The van der Waals surface area contributed by atoms with Crippen LogP contribution in [0.2, 0.25) is 0 Å². The van der Waals surface area contributed by atoms with Crippen LogP contribution in [0, 0.1) is 6.92 Å². The summed E-state index contributed by atoms with van der Waals surface area (Å²) in [5.41, 5.74) is 1.08. The Morgan fingerprint density at radius 2 is 2.00 bits per heavy atom. The lowest BCUT2D eigenvalue weighted by molar-refractivity contribution is -0.121. The molecule has 2 aromatic rings. The molecular formula is C17H21NO2S. The van der Waals surface area contributed by atoms with E-state index in [0.29, 0.717) is 12.8 Å². The fraction of sp³-hybridized carbons (Fsp3) is 0.353. The Kier molecular flexibility index (Phi) is 5.96. The lowest BCUT2D eigenvalue weighted by Crippen LogP contribution is -2.29. The third kappa shape index (κ3) is 4.99. The molecular weight excluding hydrogens is 282 g/mol. The Balaban J connectivity index is 1.99. The van der Waals surface area contributed by atoms with E-state index in [-0.39, 0.29) is 18.6 Å². The van der Waals surface area contributed by atoms with Gasteiger partial charge in [-0.15, -0.1) is 11.3 Å². The maximum absolute atomic E-state index is 12.2. The van der Waals surface area contributed by atoms with Crippen LogP contribution >= 0.6 is 11.3 Å². The second kappa shape index (κ2) is 7.96. The number of carbonyl (C=O) groups excluding carboxylic acids is 1. The van der Waals surface area contributed by atoms with E-state index in [9.17, 15) is 4.79 Å². The highest BCUT2D eigenvalue weighted by Gasteiger charge is 2.14. The molecule has 4 heteroatoms. The van der Waals surface area contributed by atoms with Crippen molar-refractivity contribution in [2.75, 3.05) is 6.61 Å². The van der Waals surface area contributed by atoms with E-state index >= 15 is 0 Å². The van der Waals surface area contributed by atoms with Crippen LogP contribution in [0.3, 0.4) is 0 Å². The number of amides is 1. The first kappa shape index (κ1) is 15.7. The molecule has 0 radical (unpaired) electrons. The smallest absolute Gasteiger partial charge is 0.225 e. The molecule has 0 aliphatic heterocycles. The third-order valence-corrected chi connectivity index (χ3v) is 4.32. The molecule has 0 saturated heterocycles. The van der Waals surface area contributed by atoms with Gasteiger partial charge in [-0.25, -0.2) is 0 Å². The van der Waals surface area contributed by atoms with Gasteiger partial charge in [0.1, 0.15) is 0 Å². The minimum Gasteiger partial charge on any atom is -0.396 e. The minimum absolute atomic E-state index is 0.0312. The van der Waals surface area contributed by atoms with Crippen LogP contribution in [0.5, 0.6) is 0 Å². The fourth-order valence-corrected chi connectivity index (χ4v) is 3.18. The molecule has 0 aliphatic carbocycles. The van der Waals surface area contributed by atoms with Crippen LogP contribution in [0.1, 0.15) is 34.2 Å². The number of aliphatic hydroxyl groups is 1. The van der Waals surface area contributed by atoms with E-state index in [1.807, 2.05) is 49.4 Å². The van der Waals surface area contributed by atoms with Crippen LogP contribution in [-0.4, -0.2) is 17.6 Å². The lowest BCUT2D eigenvalue weighted by atomic mass is 10.0. The number of aryl methyl sites for hydroxylation is 1. The van der Waals surface area contributed by atoms with Gasteiger partial charge in [-0.1, -0.05) is 30.3 Å². The molecule has 3 nitrogen and oxygen atoms in total. The number of hydrogen-bond acceptors (Lipinski definition) is 3. The van der Waals surface area contributed by atoms with Gasteiger partial charge in [0.2, 0.25) is 5.91 Å². The highest BCUT2D eigenvalue weighted by atomic mass is 32.1. The normalized spacial score (nSPS) is 12.1. The van der Waals surface area contributed by atoms with Crippen molar-refractivity contribution >= 4 is 17.2 Å². The van der Waals surface area contributed by atoms with E-state index < -0.39 is 0 Å². The molecule has 0 saturated carbocycles. The highest BCUT2D eigenvalue weighted by Crippen LogP contribution is 2.20. The number of aliphatic hydroxyl groups excluding tert-OH is 1. The second-order valence-electron chi connectivity index (χ2n) is 5.09. The van der Waals surface area contributed by atoms with E-state index in [1.54, 1.807) is 11.3 Å². The van der Waals surface area contributed by atoms with Gasteiger partial charge in [0.15, 0.2) is 0 Å². The van der Waals surface area contributed by atoms with Crippen LogP contribution in [0.4, 0.5) is 0 Å². The first-order valence-corrected chi connectivity index (χ1v) is 8.01. The zero-order valence-corrected chi connectivity index (χ0v) is 13.0. The monoisotopic (exact) mass is 303 g/mol. The number of benzene rings is 1. The number of thiophene rings is 1. The lowest BCUT2D eigenvalue weighted by Gasteiger charge is -2.18. The Bertz CT molecular complexity index is 565. The van der Waals surface area contributed by atoms with E-state index in [1.165, 1.54) is 4.88 Å². The number of carbonyl (C=O) groups is 1. The Hall–Kier alpha value is -1.65. The second-order valence-corrected chi connectivity index (χ2v) is 6.46. The van der Waals surface area contributed by atoms with Gasteiger partial charge >= 0.3 is 0 Å². The maximum Gasteiger partial charge on any atom is 0.225 e.